The lowest BCUT2D eigenvalue weighted by Gasteiger charge is -2.23. The number of aromatic nitrogens is 4. The van der Waals surface area contributed by atoms with Gasteiger partial charge in [-0.1, -0.05) is 0 Å². The van der Waals surface area contributed by atoms with E-state index in [1.807, 2.05) is 0 Å². The lowest BCUT2D eigenvalue weighted by molar-refractivity contribution is -0.142. The van der Waals surface area contributed by atoms with Crippen molar-refractivity contribution in [2.75, 3.05) is 4.90 Å². The summed E-state index contributed by atoms with van der Waals surface area (Å²) in [6, 6.07) is 3.77. The molecular weight excluding hydrogens is 416 g/mol. The van der Waals surface area contributed by atoms with E-state index in [1.165, 1.54) is 10.9 Å². The molecule has 0 saturated carbocycles. The normalized spacial score (nSPS) is 12.1. The Hall–Kier alpha value is -3.44. The van der Waals surface area contributed by atoms with Crippen molar-refractivity contribution >= 4 is 17.9 Å². The fourth-order valence-corrected chi connectivity index (χ4v) is 2.94. The highest BCUT2D eigenvalue weighted by Crippen LogP contribution is 2.41. The summed E-state index contributed by atoms with van der Waals surface area (Å²) in [6.45, 7) is 1.56. The Morgan fingerprint density at radius 3 is 2.27 bits per heavy atom. The first-order valence-electron chi connectivity index (χ1n) is 8.28. The molecule has 0 aliphatic carbocycles. The van der Waals surface area contributed by atoms with Gasteiger partial charge in [0.05, 0.1) is 23.4 Å². The van der Waals surface area contributed by atoms with Crippen LogP contribution >= 0.6 is 0 Å². The van der Waals surface area contributed by atoms with Crippen LogP contribution in [0.4, 0.5) is 37.8 Å². The van der Waals surface area contributed by atoms with E-state index in [2.05, 4.69) is 15.0 Å². The molecule has 0 atom stereocenters. The molecule has 6 nitrogen and oxygen atoms in total. The summed E-state index contributed by atoms with van der Waals surface area (Å²) >= 11 is 0. The molecule has 0 bridgehead atoms. The van der Waals surface area contributed by atoms with Crippen molar-refractivity contribution < 1.29 is 31.1 Å². The van der Waals surface area contributed by atoms with Crippen molar-refractivity contribution in [3.8, 4) is 11.3 Å². The predicted octanol–water partition coefficient (Wildman–Crippen LogP) is 4.52. The maximum atomic E-state index is 13.4. The number of amides is 1. The number of imidazole rings is 1. The van der Waals surface area contributed by atoms with Gasteiger partial charge in [-0.3, -0.25) is 9.69 Å². The number of hydrogen-bond acceptors (Lipinski definition) is 4. The van der Waals surface area contributed by atoms with Crippen LogP contribution in [0.25, 0.3) is 11.3 Å². The molecule has 3 heterocycles. The molecule has 158 valence electrons. The van der Waals surface area contributed by atoms with E-state index in [-0.39, 0.29) is 17.7 Å². The highest BCUT2D eigenvalue weighted by molar-refractivity contribution is 5.92. The van der Waals surface area contributed by atoms with Gasteiger partial charge >= 0.3 is 12.4 Å². The third kappa shape index (κ3) is 3.84. The van der Waals surface area contributed by atoms with Gasteiger partial charge in [-0.05, 0) is 31.2 Å². The number of anilines is 2. The van der Waals surface area contributed by atoms with Crippen molar-refractivity contribution in [1.82, 2.24) is 19.5 Å². The summed E-state index contributed by atoms with van der Waals surface area (Å²) in [7, 11) is 1.55. The largest absolute Gasteiger partial charge is 0.435 e. The van der Waals surface area contributed by atoms with Gasteiger partial charge in [-0.2, -0.15) is 26.3 Å². The fraction of sp³-hybridized carbons (Fsp3) is 0.222. The zero-order chi connectivity index (χ0) is 22.3. The van der Waals surface area contributed by atoms with E-state index in [0.717, 1.165) is 24.4 Å². The first kappa shape index (κ1) is 21.3. The maximum Gasteiger partial charge on any atom is 0.435 e. The quantitative estimate of drug-likeness (QED) is 0.452. The van der Waals surface area contributed by atoms with Crippen molar-refractivity contribution in [2.45, 2.75) is 19.3 Å². The molecule has 0 saturated heterocycles. The number of pyridine rings is 2. The van der Waals surface area contributed by atoms with Crippen LogP contribution in [-0.4, -0.2) is 25.9 Å². The van der Waals surface area contributed by atoms with Crippen LogP contribution in [0, 0.1) is 6.92 Å². The second-order valence-electron chi connectivity index (χ2n) is 6.20. The molecule has 3 rings (SSSR count). The molecule has 0 spiro atoms. The average Bonchev–Trinajstić information content (AvgIpc) is 2.99. The Kier molecular flexibility index (Phi) is 5.27. The van der Waals surface area contributed by atoms with Crippen LogP contribution in [0.1, 0.15) is 17.1 Å². The minimum atomic E-state index is -4.96. The van der Waals surface area contributed by atoms with Gasteiger partial charge in [0.2, 0.25) is 6.41 Å². The molecule has 0 aromatic carbocycles. The molecule has 0 fully saturated rings. The van der Waals surface area contributed by atoms with Crippen LogP contribution in [0.3, 0.4) is 0 Å². The molecular formula is C18H13F6N5O. The summed E-state index contributed by atoms with van der Waals surface area (Å²) in [4.78, 5) is 23.0. The molecule has 0 unspecified atom stereocenters. The van der Waals surface area contributed by atoms with Crippen molar-refractivity contribution in [1.29, 1.82) is 0 Å². The standard InChI is InChI=1S/C18H13F6N5O/c1-10-14(28(2)8-26-10)11-5-6-13(17(19,20)21)27-16(11)29(9-30)12-4-3-7-25-15(12)18(22,23)24/h3-9H,1-2H3. The van der Waals surface area contributed by atoms with Gasteiger partial charge in [-0.25, -0.2) is 15.0 Å². The third-order valence-corrected chi connectivity index (χ3v) is 4.19. The SMILES string of the molecule is Cc1ncn(C)c1-c1ccc(C(F)(F)F)nc1N(C=O)c1cccnc1C(F)(F)F. The predicted molar refractivity (Wildman–Crippen MR) is 93.6 cm³/mol. The monoisotopic (exact) mass is 429 g/mol. The Morgan fingerprint density at radius 1 is 1.03 bits per heavy atom. The van der Waals surface area contributed by atoms with Gasteiger partial charge in [-0.15, -0.1) is 0 Å². The number of halogens is 6. The number of rotatable bonds is 4. The van der Waals surface area contributed by atoms with Gasteiger partial charge in [0.1, 0.15) is 11.5 Å². The van der Waals surface area contributed by atoms with Crippen LogP contribution in [0.2, 0.25) is 0 Å². The molecule has 0 aliphatic heterocycles. The molecule has 0 aliphatic rings. The number of alkyl halides is 6. The smallest absolute Gasteiger partial charge is 0.333 e. The summed E-state index contributed by atoms with van der Waals surface area (Å²) < 4.78 is 81.5. The lowest BCUT2D eigenvalue weighted by atomic mass is 10.1. The van der Waals surface area contributed by atoms with Gasteiger partial charge in [0.15, 0.2) is 5.69 Å². The molecule has 3 aromatic rings. The Balaban J connectivity index is 2.34. The Bertz CT molecular complexity index is 1070. The van der Waals surface area contributed by atoms with E-state index >= 15 is 0 Å². The molecule has 0 radical (unpaired) electrons. The van der Waals surface area contributed by atoms with Crippen LogP contribution < -0.4 is 4.90 Å². The Labute approximate surface area is 165 Å². The van der Waals surface area contributed by atoms with Crippen molar-refractivity contribution in [3.05, 3.63) is 53.9 Å². The zero-order valence-corrected chi connectivity index (χ0v) is 15.5. The third-order valence-electron chi connectivity index (χ3n) is 4.19. The number of nitrogens with zero attached hydrogens (tertiary/aromatic N) is 5. The molecule has 12 heteroatoms. The molecule has 30 heavy (non-hydrogen) atoms. The van der Waals surface area contributed by atoms with E-state index in [1.54, 1.807) is 14.0 Å². The average molecular weight is 429 g/mol. The van der Waals surface area contributed by atoms with Gasteiger partial charge in [0.25, 0.3) is 0 Å². The summed E-state index contributed by atoms with van der Waals surface area (Å²) in [5, 5.41) is 0. The van der Waals surface area contributed by atoms with Gasteiger partial charge in [0, 0.05) is 18.8 Å². The first-order valence-corrected chi connectivity index (χ1v) is 8.28. The number of hydrogen-bond donors (Lipinski definition) is 0. The fourth-order valence-electron chi connectivity index (χ4n) is 2.94. The highest BCUT2D eigenvalue weighted by Gasteiger charge is 2.39. The Morgan fingerprint density at radius 2 is 1.73 bits per heavy atom. The lowest BCUT2D eigenvalue weighted by Crippen LogP contribution is -2.23. The second kappa shape index (κ2) is 7.43. The number of carbonyl (C=O) groups excluding carboxylic acids is 1. The van der Waals surface area contributed by atoms with Crippen molar-refractivity contribution in [2.24, 2.45) is 7.05 Å². The van der Waals surface area contributed by atoms with Crippen molar-refractivity contribution in [3.63, 3.8) is 0 Å². The minimum Gasteiger partial charge on any atom is -0.333 e. The zero-order valence-electron chi connectivity index (χ0n) is 15.5. The molecule has 1 amide bonds. The van der Waals surface area contributed by atoms with Crippen LogP contribution in [0.15, 0.2) is 36.8 Å². The van der Waals surface area contributed by atoms with E-state index in [0.29, 0.717) is 16.7 Å². The van der Waals surface area contributed by atoms with Crippen LogP contribution in [-0.2, 0) is 24.2 Å². The first-order chi connectivity index (χ1) is 13.9. The highest BCUT2D eigenvalue weighted by atomic mass is 19.4. The second-order valence-corrected chi connectivity index (χ2v) is 6.20. The minimum absolute atomic E-state index is 0.00965. The van der Waals surface area contributed by atoms with E-state index in [9.17, 15) is 31.1 Å². The van der Waals surface area contributed by atoms with Crippen LogP contribution in [0.5, 0.6) is 0 Å². The van der Waals surface area contributed by atoms with Gasteiger partial charge < -0.3 is 4.57 Å². The summed E-state index contributed by atoms with van der Waals surface area (Å²) in [5.41, 5.74) is -2.91. The van der Waals surface area contributed by atoms with E-state index < -0.39 is 35.2 Å². The maximum absolute atomic E-state index is 13.4. The number of carbonyl (C=O) groups is 1. The molecule has 0 N–H and O–H groups in total. The molecule has 3 aromatic heterocycles. The number of aryl methyl sites for hydroxylation is 2. The topological polar surface area (TPSA) is 63.9 Å². The summed E-state index contributed by atoms with van der Waals surface area (Å²) in [6.07, 6.45) is -7.64. The summed E-state index contributed by atoms with van der Waals surface area (Å²) in [5.74, 6) is -0.634. The van der Waals surface area contributed by atoms with E-state index in [4.69, 9.17) is 0 Å².